The van der Waals surface area contributed by atoms with E-state index in [1.165, 1.54) is 36.4 Å². The van der Waals surface area contributed by atoms with Crippen LogP contribution >= 0.6 is 0 Å². The van der Waals surface area contributed by atoms with Gasteiger partial charge in [0.2, 0.25) is 23.4 Å². The number of unbranched alkanes of at least 4 members (excludes halogenated alkanes) is 1. The summed E-state index contributed by atoms with van der Waals surface area (Å²) in [4.78, 5) is 59.3. The molecule has 0 aromatic heterocycles. The van der Waals surface area contributed by atoms with Gasteiger partial charge in [-0.2, -0.15) is 40.1 Å². The second-order valence-electron chi connectivity index (χ2n) is 26.4. The van der Waals surface area contributed by atoms with Gasteiger partial charge >= 0.3 is 0 Å². The minimum atomic E-state index is -4.95. The van der Waals surface area contributed by atoms with Crippen molar-refractivity contribution in [3.05, 3.63) is 197 Å². The SMILES string of the molecule is CC1(C)C(/C=C/C=C/C=C2\N(CCCS(=O)(=O)O)c3ccc(S(=O)(=O)[O-])cc3C2(C)CCCCC(=O)N2CCN(C(=O)COc3ccc(N=Nc4ccc(OCCCC(=O)NCCC(=O)N5Cc6ccccc6C#Cc6ccccc65)cc4)cc3)CC2)=[N+](CCCS(=O)(=O)O)c2ccc(S(=O)(=O)O)cc21. The van der Waals surface area contributed by atoms with Gasteiger partial charge in [-0.25, -0.2) is 8.42 Å². The topological polar surface area (TPSA) is 360 Å². The molecule has 4 amide bonds. The first-order chi connectivity index (χ1) is 49.8. The van der Waals surface area contributed by atoms with Crippen LogP contribution in [0, 0.1) is 11.8 Å². The third-order valence-corrected chi connectivity index (χ3v) is 22.0. The Hall–Kier alpha value is -9.71. The van der Waals surface area contributed by atoms with Crippen molar-refractivity contribution in [1.29, 1.82) is 0 Å². The lowest BCUT2D eigenvalue weighted by Crippen LogP contribution is -2.51. The Labute approximate surface area is 611 Å². The normalized spacial score (nSPS) is 16.9. The first-order valence-corrected chi connectivity index (χ1v) is 40.2. The number of piperazine rings is 1. The molecule has 6 aromatic rings. The summed E-state index contributed by atoms with van der Waals surface area (Å²) in [5.74, 6) is 5.60. The number of azo groups is 1. The van der Waals surface area contributed by atoms with E-state index in [9.17, 15) is 71.1 Å². The standard InChI is InChI=1S/C75H82N8O18S4/c1-74(2)63-50-61(104(94,95)96)34-36-66(63)81(41-14-48-102(88,89)90)68(74)20-5-4-6-21-69-75(3,64-51-62(105(97,98)99)35-37-67(64)82(69)42-15-49-103(91,92)93)39-12-11-23-71(85)79-43-45-80(46-44-79)73(87)53-101-60-32-28-58(29-33-60)78-77-57-26-30-59(31-27-57)100-47-13-22-70(84)76-40-38-72(86)83-52-56-18-8-7-16-54(56)24-25-55-17-9-10-19-65(55)83/h4-10,16-21,26-37,50-51H,11-15,22-23,38-49,52-53H2,1-3H3,(H4-,76,84,88,89,90,91,92,93,94,95,96,97,98,99). The lowest BCUT2D eigenvalue weighted by Gasteiger charge is -2.35. The molecule has 10 rings (SSSR count). The fourth-order valence-corrected chi connectivity index (χ4v) is 15.3. The Morgan fingerprint density at radius 2 is 1.23 bits per heavy atom. The predicted octanol–water partition coefficient (Wildman–Crippen LogP) is 9.88. The molecule has 1 unspecified atom stereocenters. The van der Waals surface area contributed by atoms with E-state index in [1.54, 1.807) is 103 Å². The summed E-state index contributed by atoms with van der Waals surface area (Å²) in [7, 11) is -18.3. The Kier molecular flexibility index (Phi) is 24.9. The van der Waals surface area contributed by atoms with Crippen LogP contribution in [0.3, 0.4) is 0 Å². The van der Waals surface area contributed by atoms with Crippen molar-refractivity contribution in [2.75, 3.05) is 80.3 Å². The molecule has 30 heteroatoms. The van der Waals surface area contributed by atoms with Gasteiger partial charge in [-0.05, 0) is 161 Å². The summed E-state index contributed by atoms with van der Waals surface area (Å²) in [5.41, 5.74) is 5.74. The highest BCUT2D eigenvalue weighted by atomic mass is 32.2. The predicted molar refractivity (Wildman–Crippen MR) is 393 cm³/mol. The van der Waals surface area contributed by atoms with Gasteiger partial charge in [-0.3, -0.25) is 32.8 Å². The van der Waals surface area contributed by atoms with Gasteiger partial charge in [0.15, 0.2) is 12.3 Å². The number of carbonyl (C=O) groups is 4. The molecule has 1 fully saturated rings. The molecule has 26 nitrogen and oxygen atoms in total. The van der Waals surface area contributed by atoms with E-state index in [4.69, 9.17) is 9.47 Å². The van der Waals surface area contributed by atoms with Gasteiger partial charge in [0.05, 0.1) is 56.9 Å². The van der Waals surface area contributed by atoms with Crippen molar-refractivity contribution in [1.82, 2.24) is 15.1 Å². The summed E-state index contributed by atoms with van der Waals surface area (Å²) in [6, 6.07) is 37.1. The maximum atomic E-state index is 13.7. The van der Waals surface area contributed by atoms with Crippen molar-refractivity contribution in [2.45, 2.75) is 106 Å². The van der Waals surface area contributed by atoms with Gasteiger partial charge in [0.1, 0.15) is 28.2 Å². The second-order valence-corrected chi connectivity index (χ2v) is 32.4. The quantitative estimate of drug-likeness (QED) is 0.00785. The summed E-state index contributed by atoms with van der Waals surface area (Å²) >= 11 is 0. The van der Waals surface area contributed by atoms with Crippen LogP contribution in [0.15, 0.2) is 190 Å². The average Bonchev–Trinajstić information content (AvgIpc) is 1.59. The van der Waals surface area contributed by atoms with Crippen LogP contribution in [0.4, 0.5) is 28.4 Å². The van der Waals surface area contributed by atoms with Crippen LogP contribution in [-0.4, -0.2) is 166 Å². The third kappa shape index (κ3) is 20.4. The number of para-hydroxylation sites is 1. The molecular formula is C75H82N8O18S4. The highest BCUT2D eigenvalue weighted by Gasteiger charge is 2.46. The molecule has 4 aliphatic heterocycles. The van der Waals surface area contributed by atoms with Gasteiger partial charge in [-0.15, -0.1) is 0 Å². The fourth-order valence-electron chi connectivity index (χ4n) is 13.3. The van der Waals surface area contributed by atoms with Crippen molar-refractivity contribution < 1.29 is 85.1 Å². The fraction of sp³-hybridized carbons (Fsp3) is 0.347. The first kappa shape index (κ1) is 77.9. The Bertz CT molecular complexity index is 4980. The van der Waals surface area contributed by atoms with Gasteiger partial charge in [-0.1, -0.05) is 66.8 Å². The number of allylic oxidation sites excluding steroid dienone is 6. The molecule has 554 valence electrons. The van der Waals surface area contributed by atoms with Gasteiger partial charge in [0, 0.05) is 111 Å². The molecule has 1 saturated heterocycles. The maximum absolute atomic E-state index is 13.7. The molecule has 4 heterocycles. The molecule has 0 spiro atoms. The van der Waals surface area contributed by atoms with E-state index in [-0.39, 0.29) is 113 Å². The molecule has 4 N–H and O–H groups in total. The monoisotopic (exact) mass is 1510 g/mol. The third-order valence-electron chi connectivity index (χ3n) is 18.7. The van der Waals surface area contributed by atoms with E-state index in [2.05, 4.69) is 27.4 Å². The Morgan fingerprint density at radius 1 is 0.619 bits per heavy atom. The minimum absolute atomic E-state index is 0.00468. The molecule has 0 bridgehead atoms. The number of fused-ring (bicyclic) bond motifs is 4. The van der Waals surface area contributed by atoms with Crippen LogP contribution in [0.25, 0.3) is 0 Å². The second kappa shape index (κ2) is 33.6. The summed E-state index contributed by atoms with van der Waals surface area (Å²) in [6.07, 6.45) is 10.6. The summed E-state index contributed by atoms with van der Waals surface area (Å²) in [6.45, 7) is 7.38. The smallest absolute Gasteiger partial charge is 0.294 e. The largest absolute Gasteiger partial charge is 0.744 e. The van der Waals surface area contributed by atoms with Crippen molar-refractivity contribution in [3.63, 3.8) is 0 Å². The number of hydrogen-bond donors (Lipinski definition) is 4. The number of ether oxygens (including phenoxy) is 2. The van der Waals surface area contributed by atoms with Crippen LogP contribution < -0.4 is 24.6 Å². The number of benzene rings is 6. The first-order valence-electron chi connectivity index (χ1n) is 34.1. The van der Waals surface area contributed by atoms with E-state index >= 15 is 0 Å². The zero-order valence-corrected chi connectivity index (χ0v) is 61.4. The number of nitrogens with zero attached hydrogens (tertiary/aromatic N) is 7. The average molecular weight is 1510 g/mol. The van der Waals surface area contributed by atoms with E-state index < -0.39 is 67.7 Å². The van der Waals surface area contributed by atoms with E-state index in [0.717, 1.165) is 22.4 Å². The van der Waals surface area contributed by atoms with E-state index in [0.29, 0.717) is 95.6 Å². The molecule has 105 heavy (non-hydrogen) atoms. The highest BCUT2D eigenvalue weighted by molar-refractivity contribution is 7.86. The van der Waals surface area contributed by atoms with Crippen LogP contribution in [-0.2, 0) is 77.0 Å². The summed E-state index contributed by atoms with van der Waals surface area (Å²) < 4.78 is 152. The number of amides is 4. The number of anilines is 2. The number of hydrogen-bond acceptors (Lipinski definition) is 18. The number of nitrogens with one attached hydrogen (secondary N) is 1. The maximum Gasteiger partial charge on any atom is 0.294 e. The van der Waals surface area contributed by atoms with Gasteiger partial charge in [0.25, 0.3) is 36.3 Å². The van der Waals surface area contributed by atoms with Crippen LogP contribution in [0.5, 0.6) is 11.5 Å². The number of rotatable bonds is 31. The van der Waals surface area contributed by atoms with Crippen molar-refractivity contribution in [3.8, 4) is 23.3 Å². The summed E-state index contributed by atoms with van der Waals surface area (Å²) in [5, 5.41) is 11.5. The van der Waals surface area contributed by atoms with Crippen LogP contribution in [0.2, 0.25) is 0 Å². The number of carbonyl (C=O) groups excluding carboxylic acids is 4. The zero-order chi connectivity index (χ0) is 75.3. The highest BCUT2D eigenvalue weighted by Crippen LogP contribution is 2.52. The molecule has 0 saturated carbocycles. The van der Waals surface area contributed by atoms with Crippen LogP contribution in [0.1, 0.15) is 106 Å². The lowest BCUT2D eigenvalue weighted by atomic mass is 9.77. The van der Waals surface area contributed by atoms with Crippen molar-refractivity contribution >= 4 is 98.2 Å². The van der Waals surface area contributed by atoms with Crippen molar-refractivity contribution in [2.24, 2.45) is 10.2 Å². The lowest BCUT2D eigenvalue weighted by molar-refractivity contribution is -0.437. The molecule has 0 radical (unpaired) electrons. The zero-order valence-electron chi connectivity index (χ0n) is 58.2. The molecule has 0 aliphatic carbocycles. The van der Waals surface area contributed by atoms with Gasteiger partial charge < -0.3 is 38.9 Å². The molecule has 1 atom stereocenters. The molecule has 6 aromatic carbocycles. The molecule has 4 aliphatic rings. The Balaban J connectivity index is 0.675. The minimum Gasteiger partial charge on any atom is -0.744 e. The van der Waals surface area contributed by atoms with E-state index in [1.807, 2.05) is 69.3 Å². The Morgan fingerprint density at radius 3 is 1.90 bits per heavy atom. The molecular weight excluding hydrogens is 1430 g/mol.